The smallest absolute Gasteiger partial charge is 0.234 e. The number of phenolic OH excluding ortho intramolecular Hbond substituents is 1. The number of rotatable bonds is 4. The van der Waals surface area contributed by atoms with Crippen LogP contribution in [0.3, 0.4) is 0 Å². The van der Waals surface area contributed by atoms with Crippen LogP contribution in [0.15, 0.2) is 63.0 Å². The minimum Gasteiger partial charge on any atom is -0.504 e. The van der Waals surface area contributed by atoms with Crippen LogP contribution < -0.4 is 4.74 Å². The van der Waals surface area contributed by atoms with Crippen LogP contribution >= 0.6 is 49.9 Å². The maximum Gasteiger partial charge on any atom is 0.234 e. The number of phenols is 1. The Hall–Kier alpha value is -2.57. The van der Waals surface area contributed by atoms with Gasteiger partial charge >= 0.3 is 0 Å². The summed E-state index contributed by atoms with van der Waals surface area (Å²) in [5.41, 5.74) is 2.30. The Kier molecular flexibility index (Phi) is 6.47. The standard InChI is InChI=1S/C28H21BrINO6S/c1-37-21-8-12(7-19(30)26(21)34)22-14-4-5-15-23(28(36)31(27(15)35)11-13-3-2-6-38-13)16(14)9-17-24(22)20(32)10-18(29)25(17)33/h2-4,6-8,10,15-16,22-23,34H,5,9,11H2,1H3. The van der Waals surface area contributed by atoms with E-state index in [0.29, 0.717) is 26.7 Å². The van der Waals surface area contributed by atoms with Crippen LogP contribution in [0.4, 0.5) is 0 Å². The molecule has 0 bridgehead atoms. The Morgan fingerprint density at radius 3 is 2.68 bits per heavy atom. The number of allylic oxidation sites excluding steroid dienone is 6. The fourth-order valence-electron chi connectivity index (χ4n) is 6.28. The predicted molar refractivity (Wildman–Crippen MR) is 152 cm³/mol. The van der Waals surface area contributed by atoms with E-state index in [1.807, 2.05) is 46.2 Å². The van der Waals surface area contributed by atoms with E-state index in [2.05, 4.69) is 15.9 Å². The average molecular weight is 706 g/mol. The van der Waals surface area contributed by atoms with Crippen LogP contribution in [0.1, 0.15) is 29.2 Å². The van der Waals surface area contributed by atoms with Crippen LogP contribution in [0.25, 0.3) is 0 Å². The van der Waals surface area contributed by atoms with Crippen molar-refractivity contribution in [1.29, 1.82) is 0 Å². The molecule has 1 saturated heterocycles. The van der Waals surface area contributed by atoms with Gasteiger partial charge in [-0.25, -0.2) is 0 Å². The Morgan fingerprint density at radius 2 is 1.97 bits per heavy atom. The van der Waals surface area contributed by atoms with E-state index in [9.17, 15) is 24.3 Å². The van der Waals surface area contributed by atoms with Crippen molar-refractivity contribution in [2.75, 3.05) is 7.11 Å². The van der Waals surface area contributed by atoms with Gasteiger partial charge in [0.05, 0.1) is 33.5 Å². The number of thiophene rings is 1. The van der Waals surface area contributed by atoms with Gasteiger partial charge in [-0.3, -0.25) is 24.1 Å². The van der Waals surface area contributed by atoms with Crippen molar-refractivity contribution >= 4 is 73.2 Å². The molecule has 0 radical (unpaired) electrons. The molecule has 2 amide bonds. The van der Waals surface area contributed by atoms with E-state index < -0.39 is 23.7 Å². The van der Waals surface area contributed by atoms with Crippen molar-refractivity contribution in [3.05, 3.63) is 77.0 Å². The average Bonchev–Trinajstić information content (AvgIpc) is 3.50. The van der Waals surface area contributed by atoms with Crippen LogP contribution in [0.5, 0.6) is 11.5 Å². The first-order valence-corrected chi connectivity index (χ1v) is 14.8. The molecule has 1 fully saturated rings. The normalized spacial score (nSPS) is 26.7. The molecule has 4 unspecified atom stereocenters. The molecular weight excluding hydrogens is 685 g/mol. The lowest BCUT2D eigenvalue weighted by atomic mass is 9.59. The molecule has 0 saturated carbocycles. The first-order valence-electron chi connectivity index (χ1n) is 12.0. The number of hydrogen-bond acceptors (Lipinski definition) is 7. The molecule has 0 spiro atoms. The number of aromatic hydroxyl groups is 1. The molecule has 1 N–H and O–H groups in total. The number of ketones is 2. The molecular formula is C28H21BrINO6S. The van der Waals surface area contributed by atoms with Gasteiger partial charge in [-0.15, -0.1) is 11.3 Å². The maximum absolute atomic E-state index is 13.8. The second kappa shape index (κ2) is 9.56. The number of halogens is 2. The van der Waals surface area contributed by atoms with E-state index >= 15 is 0 Å². The molecule has 3 aliphatic carbocycles. The van der Waals surface area contributed by atoms with E-state index in [0.717, 1.165) is 10.5 Å². The SMILES string of the molecule is COc1cc(C2C3=CCC4C(=O)N(Cc5cccs5)C(=O)C4C3CC3=C2C(=O)C=C(Br)C3=O)cc(I)c1O. The number of ether oxygens (including phenoxy) is 1. The summed E-state index contributed by atoms with van der Waals surface area (Å²) in [7, 11) is 1.45. The lowest BCUT2D eigenvalue weighted by Gasteiger charge is -2.42. The summed E-state index contributed by atoms with van der Waals surface area (Å²) >= 11 is 6.75. The number of carbonyl (C=O) groups excluding carboxylic acids is 4. The Balaban J connectivity index is 1.48. The summed E-state index contributed by atoms with van der Waals surface area (Å²) in [4.78, 5) is 56.2. The molecule has 10 heteroatoms. The number of methoxy groups -OCH3 is 1. The van der Waals surface area contributed by atoms with Crippen molar-refractivity contribution in [2.45, 2.75) is 25.3 Å². The second-order valence-corrected chi connectivity index (χ2v) is 12.8. The lowest BCUT2D eigenvalue weighted by Crippen LogP contribution is -2.39. The zero-order valence-corrected chi connectivity index (χ0v) is 24.6. The van der Waals surface area contributed by atoms with Gasteiger partial charge in [0.15, 0.2) is 23.1 Å². The van der Waals surface area contributed by atoms with E-state index in [1.54, 1.807) is 12.1 Å². The van der Waals surface area contributed by atoms with E-state index in [4.69, 9.17) is 4.74 Å². The minimum absolute atomic E-state index is 0.00873. The molecule has 4 aliphatic rings. The number of Topliss-reactive ketones (excluding diaryl/α,β-unsaturated/α-hetero) is 1. The predicted octanol–water partition coefficient (Wildman–Crippen LogP) is 5.03. The topological polar surface area (TPSA) is 101 Å². The first kappa shape index (κ1) is 25.7. The zero-order chi connectivity index (χ0) is 26.9. The highest BCUT2D eigenvalue weighted by Gasteiger charge is 2.56. The van der Waals surface area contributed by atoms with Crippen LogP contribution in [0, 0.1) is 21.3 Å². The van der Waals surface area contributed by atoms with Gasteiger partial charge in [0, 0.05) is 28.0 Å². The summed E-state index contributed by atoms with van der Waals surface area (Å²) < 4.78 is 6.12. The van der Waals surface area contributed by atoms with Gasteiger partial charge in [-0.05, 0) is 86.4 Å². The van der Waals surface area contributed by atoms with Crippen molar-refractivity contribution in [3.63, 3.8) is 0 Å². The zero-order valence-electron chi connectivity index (χ0n) is 20.1. The lowest BCUT2D eigenvalue weighted by molar-refractivity contribution is -0.140. The fraction of sp³-hybridized carbons (Fsp3) is 0.286. The Labute approximate surface area is 244 Å². The monoisotopic (exact) mass is 705 g/mol. The molecule has 6 rings (SSSR count). The van der Waals surface area contributed by atoms with Crippen LogP contribution in [-0.4, -0.2) is 40.5 Å². The molecule has 7 nitrogen and oxygen atoms in total. The third-order valence-electron chi connectivity index (χ3n) is 7.92. The van der Waals surface area contributed by atoms with Crippen molar-refractivity contribution < 1.29 is 29.0 Å². The summed E-state index contributed by atoms with van der Waals surface area (Å²) in [6.07, 6.45) is 3.88. The third kappa shape index (κ3) is 3.86. The van der Waals surface area contributed by atoms with Crippen molar-refractivity contribution in [2.24, 2.45) is 17.8 Å². The quantitative estimate of drug-likeness (QED) is 0.208. The summed E-state index contributed by atoms with van der Waals surface area (Å²) in [6, 6.07) is 7.25. The summed E-state index contributed by atoms with van der Waals surface area (Å²) in [5, 5.41) is 12.4. The first-order chi connectivity index (χ1) is 18.2. The van der Waals surface area contributed by atoms with Gasteiger partial charge in [0.2, 0.25) is 11.8 Å². The molecule has 4 atom stereocenters. The van der Waals surface area contributed by atoms with Gasteiger partial charge in [0.1, 0.15) is 0 Å². The van der Waals surface area contributed by atoms with E-state index in [-0.39, 0.29) is 52.3 Å². The Bertz CT molecular complexity index is 1520. The van der Waals surface area contributed by atoms with Crippen molar-refractivity contribution in [1.82, 2.24) is 4.90 Å². The largest absolute Gasteiger partial charge is 0.504 e. The summed E-state index contributed by atoms with van der Waals surface area (Å²) in [6.45, 7) is 0.237. The fourth-order valence-corrected chi connectivity index (χ4v) is 8.05. The number of imide groups is 1. The van der Waals surface area contributed by atoms with Crippen LogP contribution in [0.2, 0.25) is 0 Å². The Morgan fingerprint density at radius 1 is 1.18 bits per heavy atom. The summed E-state index contributed by atoms with van der Waals surface area (Å²) in [5.74, 6) is -2.83. The highest BCUT2D eigenvalue weighted by Crippen LogP contribution is 2.56. The molecule has 1 aromatic heterocycles. The number of likely N-dealkylation sites (tertiary alicyclic amines) is 1. The molecule has 194 valence electrons. The number of carbonyl (C=O) groups is 4. The number of benzene rings is 1. The second-order valence-electron chi connectivity index (χ2n) is 9.79. The van der Waals surface area contributed by atoms with Gasteiger partial charge < -0.3 is 9.84 Å². The number of hydrogen-bond donors (Lipinski definition) is 1. The number of nitrogens with zero attached hydrogens (tertiary/aromatic N) is 1. The van der Waals surface area contributed by atoms with Gasteiger partial charge in [-0.2, -0.15) is 0 Å². The number of amides is 2. The van der Waals surface area contributed by atoms with Crippen LogP contribution in [-0.2, 0) is 25.7 Å². The molecule has 1 aliphatic heterocycles. The van der Waals surface area contributed by atoms with Gasteiger partial charge in [-0.1, -0.05) is 17.7 Å². The molecule has 38 heavy (non-hydrogen) atoms. The molecule has 2 heterocycles. The van der Waals surface area contributed by atoms with E-state index in [1.165, 1.54) is 29.4 Å². The number of fused-ring (bicyclic) bond motifs is 3. The maximum atomic E-state index is 13.8. The molecule has 1 aromatic carbocycles. The molecule has 2 aromatic rings. The highest BCUT2D eigenvalue weighted by atomic mass is 127. The highest BCUT2D eigenvalue weighted by molar-refractivity contribution is 14.1. The third-order valence-corrected chi connectivity index (χ3v) is 10.2. The van der Waals surface area contributed by atoms with Gasteiger partial charge in [0.25, 0.3) is 0 Å². The van der Waals surface area contributed by atoms with Crippen molar-refractivity contribution in [3.8, 4) is 11.5 Å². The minimum atomic E-state index is -0.607.